The fourth-order valence-electron chi connectivity index (χ4n) is 2.12. The summed E-state index contributed by atoms with van der Waals surface area (Å²) in [4.78, 5) is 18.0. The highest BCUT2D eigenvalue weighted by Crippen LogP contribution is 2.23. The molecule has 2 rings (SSSR count). The molecule has 17 heavy (non-hydrogen) atoms. The molecule has 2 amide bonds. The van der Waals surface area contributed by atoms with Crippen molar-refractivity contribution in [2.75, 3.05) is 19.7 Å². The summed E-state index contributed by atoms with van der Waals surface area (Å²) >= 11 is 0. The van der Waals surface area contributed by atoms with Gasteiger partial charge in [0.25, 0.3) is 0 Å². The average molecular weight is 244 g/mol. The molecule has 0 radical (unpaired) electrons. The van der Waals surface area contributed by atoms with Crippen LogP contribution in [0, 0.1) is 5.21 Å². The number of carbonyl (C=O) groups is 1. The van der Waals surface area contributed by atoms with Gasteiger partial charge in [0.05, 0.1) is 12.8 Å². The van der Waals surface area contributed by atoms with Crippen LogP contribution in [-0.4, -0.2) is 48.0 Å². The first-order valence-corrected chi connectivity index (χ1v) is 5.83. The minimum absolute atomic E-state index is 0.179. The highest BCUT2D eigenvalue weighted by atomic mass is 16.8. The highest BCUT2D eigenvalue weighted by Gasteiger charge is 2.39. The highest BCUT2D eigenvalue weighted by molar-refractivity contribution is 5.77. The topological polar surface area (TPSA) is 106 Å². The van der Waals surface area contributed by atoms with E-state index < -0.39 is 6.17 Å². The SMILES string of the molecule is NCCCONN([O-])[C@@H]1CC[C@@H]2CN1C(=O)N2. The third kappa shape index (κ3) is 2.85. The molecule has 0 spiro atoms. The maximum absolute atomic E-state index is 11.7. The van der Waals surface area contributed by atoms with Crippen LogP contribution in [0.1, 0.15) is 19.3 Å². The molecule has 4 N–H and O–H groups in total. The van der Waals surface area contributed by atoms with Gasteiger partial charge in [-0.3, -0.25) is 10.0 Å². The number of piperidine rings is 1. The minimum atomic E-state index is -0.494. The summed E-state index contributed by atoms with van der Waals surface area (Å²) in [5, 5.41) is 15.1. The van der Waals surface area contributed by atoms with Crippen LogP contribution in [0.2, 0.25) is 0 Å². The van der Waals surface area contributed by atoms with E-state index in [2.05, 4.69) is 10.9 Å². The molecule has 8 heteroatoms. The first-order chi connectivity index (χ1) is 8.22. The molecule has 0 unspecified atom stereocenters. The second kappa shape index (κ2) is 5.61. The molecule has 2 saturated heterocycles. The predicted octanol–water partition coefficient (Wildman–Crippen LogP) is -0.915. The zero-order valence-electron chi connectivity index (χ0n) is 9.59. The number of fused-ring (bicyclic) bond motifs is 2. The van der Waals surface area contributed by atoms with Gasteiger partial charge in [-0.25, -0.2) is 4.79 Å². The molecule has 0 aromatic heterocycles. The van der Waals surface area contributed by atoms with Crippen molar-refractivity contribution in [3.05, 3.63) is 5.21 Å². The first-order valence-electron chi connectivity index (χ1n) is 5.83. The lowest BCUT2D eigenvalue weighted by molar-refractivity contribution is -0.105. The molecular formula is C9H18N5O3-. The number of amides is 2. The summed E-state index contributed by atoms with van der Waals surface area (Å²) in [6.07, 6.45) is 1.64. The normalized spacial score (nSPS) is 27.7. The van der Waals surface area contributed by atoms with Crippen LogP contribution in [-0.2, 0) is 4.84 Å². The van der Waals surface area contributed by atoms with Crippen molar-refractivity contribution < 1.29 is 9.63 Å². The Kier molecular flexibility index (Phi) is 4.13. The van der Waals surface area contributed by atoms with Crippen LogP contribution in [0.15, 0.2) is 0 Å². The monoisotopic (exact) mass is 244 g/mol. The number of hydrogen-bond donors (Lipinski definition) is 3. The van der Waals surface area contributed by atoms with Gasteiger partial charge in [0.1, 0.15) is 0 Å². The molecule has 0 aromatic carbocycles. The van der Waals surface area contributed by atoms with Gasteiger partial charge in [-0.1, -0.05) is 0 Å². The van der Waals surface area contributed by atoms with Crippen LogP contribution in [0.5, 0.6) is 0 Å². The van der Waals surface area contributed by atoms with E-state index in [4.69, 9.17) is 10.6 Å². The number of rotatable bonds is 6. The Labute approximate surface area is 99.6 Å². The number of hydrogen-bond acceptors (Lipinski definition) is 6. The second-order valence-electron chi connectivity index (χ2n) is 4.26. The van der Waals surface area contributed by atoms with Crippen molar-refractivity contribution in [3.63, 3.8) is 0 Å². The summed E-state index contributed by atoms with van der Waals surface area (Å²) in [6, 6.07) is 0.00687. The van der Waals surface area contributed by atoms with Crippen LogP contribution >= 0.6 is 0 Å². The molecule has 2 fully saturated rings. The maximum atomic E-state index is 11.7. The Balaban J connectivity index is 1.78. The molecule has 0 aliphatic carbocycles. The number of hydroxylamine groups is 1. The number of nitrogens with one attached hydrogen (secondary N) is 2. The predicted molar refractivity (Wildman–Crippen MR) is 60.0 cm³/mol. The lowest BCUT2D eigenvalue weighted by Crippen LogP contribution is -2.53. The van der Waals surface area contributed by atoms with E-state index in [0.29, 0.717) is 37.7 Å². The molecule has 2 atom stereocenters. The summed E-state index contributed by atoms with van der Waals surface area (Å²) in [5.41, 5.74) is 7.59. The number of carbonyl (C=O) groups excluding carboxylic acids is 1. The standard InChI is InChI=1S/C9H18N5O3/c10-4-1-5-17-12-14(16)8-3-2-7-6-13(8)9(15)11-7/h7-8,12H,1-6,10H2,(H,11,15)/q-1/t7-,8-/m1/s1. The van der Waals surface area contributed by atoms with Crippen molar-refractivity contribution >= 4 is 6.03 Å². The molecular weight excluding hydrogens is 226 g/mol. The van der Waals surface area contributed by atoms with Crippen molar-refractivity contribution in [1.29, 1.82) is 0 Å². The molecule has 0 saturated carbocycles. The van der Waals surface area contributed by atoms with E-state index in [1.54, 1.807) is 0 Å². The second-order valence-corrected chi connectivity index (χ2v) is 4.26. The Hall–Kier alpha value is -0.930. The summed E-state index contributed by atoms with van der Waals surface area (Å²) in [5.74, 6) is 0. The van der Waals surface area contributed by atoms with E-state index in [1.165, 1.54) is 4.90 Å². The molecule has 2 bridgehead atoms. The van der Waals surface area contributed by atoms with E-state index >= 15 is 0 Å². The third-order valence-corrected chi connectivity index (χ3v) is 3.01. The van der Waals surface area contributed by atoms with Crippen molar-refractivity contribution in [1.82, 2.24) is 21.0 Å². The Morgan fingerprint density at radius 3 is 3.24 bits per heavy atom. The van der Waals surface area contributed by atoms with Crippen molar-refractivity contribution in [2.24, 2.45) is 5.73 Å². The fourth-order valence-corrected chi connectivity index (χ4v) is 2.12. The summed E-state index contributed by atoms with van der Waals surface area (Å²) in [7, 11) is 0. The van der Waals surface area contributed by atoms with E-state index in [1.807, 2.05) is 0 Å². The maximum Gasteiger partial charge on any atom is 0.319 e. The Bertz CT molecular complexity index is 277. The van der Waals surface area contributed by atoms with Gasteiger partial charge in [0.2, 0.25) is 0 Å². The van der Waals surface area contributed by atoms with Gasteiger partial charge in [-0.05, 0) is 25.8 Å². The summed E-state index contributed by atoms with van der Waals surface area (Å²) in [6.45, 7) is 1.48. The Morgan fingerprint density at radius 2 is 2.47 bits per heavy atom. The van der Waals surface area contributed by atoms with Gasteiger partial charge < -0.3 is 21.2 Å². The number of urea groups is 1. The van der Waals surface area contributed by atoms with E-state index in [0.717, 1.165) is 6.42 Å². The molecule has 2 heterocycles. The molecule has 2 aliphatic heterocycles. The van der Waals surface area contributed by atoms with Crippen LogP contribution in [0.25, 0.3) is 0 Å². The smallest absolute Gasteiger partial charge is 0.319 e. The largest absolute Gasteiger partial charge is 0.768 e. The van der Waals surface area contributed by atoms with Crippen LogP contribution in [0.4, 0.5) is 4.79 Å². The van der Waals surface area contributed by atoms with Gasteiger partial charge in [0.15, 0.2) is 0 Å². The number of hydrazine groups is 1. The molecule has 98 valence electrons. The number of nitrogens with two attached hydrogens (primary N) is 1. The van der Waals surface area contributed by atoms with Gasteiger partial charge in [-0.2, -0.15) is 0 Å². The Morgan fingerprint density at radius 1 is 1.65 bits per heavy atom. The first kappa shape index (κ1) is 12.5. The summed E-state index contributed by atoms with van der Waals surface area (Å²) < 4.78 is 0. The molecule has 8 nitrogen and oxygen atoms in total. The lowest BCUT2D eigenvalue weighted by atomic mass is 10.1. The number of nitrogens with zero attached hydrogens (tertiary/aromatic N) is 2. The van der Waals surface area contributed by atoms with E-state index in [9.17, 15) is 10.0 Å². The quantitative estimate of drug-likeness (QED) is 0.412. The zero-order valence-corrected chi connectivity index (χ0v) is 9.59. The van der Waals surface area contributed by atoms with Crippen LogP contribution < -0.4 is 16.6 Å². The van der Waals surface area contributed by atoms with Crippen molar-refractivity contribution in [2.45, 2.75) is 31.5 Å². The van der Waals surface area contributed by atoms with E-state index in [-0.39, 0.29) is 12.1 Å². The lowest BCUT2D eigenvalue weighted by Gasteiger charge is -2.42. The molecule has 2 aliphatic rings. The molecule has 0 aromatic rings. The van der Waals surface area contributed by atoms with Gasteiger partial charge >= 0.3 is 6.03 Å². The fraction of sp³-hybridized carbons (Fsp3) is 0.889. The van der Waals surface area contributed by atoms with Gasteiger partial charge in [0, 0.05) is 12.6 Å². The third-order valence-electron chi connectivity index (χ3n) is 3.01. The minimum Gasteiger partial charge on any atom is -0.768 e. The van der Waals surface area contributed by atoms with Crippen molar-refractivity contribution in [3.8, 4) is 0 Å². The zero-order chi connectivity index (χ0) is 12.3. The van der Waals surface area contributed by atoms with Crippen LogP contribution in [0.3, 0.4) is 0 Å². The van der Waals surface area contributed by atoms with Gasteiger partial charge in [-0.15, -0.1) is 5.59 Å². The average Bonchev–Trinajstić information content (AvgIpc) is 2.61.